The van der Waals surface area contributed by atoms with Gasteiger partial charge in [-0.05, 0) is 43.5 Å². The Morgan fingerprint density at radius 1 is 1.46 bits per heavy atom. The Morgan fingerprint density at radius 2 is 2.17 bits per heavy atom. The van der Waals surface area contributed by atoms with Crippen LogP contribution in [0.15, 0.2) is 18.2 Å². The van der Waals surface area contributed by atoms with E-state index >= 15 is 0 Å². The van der Waals surface area contributed by atoms with E-state index in [0.29, 0.717) is 5.56 Å². The quantitative estimate of drug-likeness (QED) is 0.596. The molecule has 24 heavy (non-hydrogen) atoms. The molecular formula is C16H21ClFN3O3. The summed E-state index contributed by atoms with van der Waals surface area (Å²) in [6.45, 7) is 1.78. The number of carboxylic acids is 1. The second-order valence-electron chi connectivity index (χ2n) is 6.07. The molecular weight excluding hydrogens is 337 g/mol. The van der Waals surface area contributed by atoms with Crippen LogP contribution in [0, 0.1) is 5.82 Å². The molecule has 1 saturated heterocycles. The van der Waals surface area contributed by atoms with Crippen LogP contribution < -0.4 is 16.4 Å². The van der Waals surface area contributed by atoms with Gasteiger partial charge >= 0.3 is 5.97 Å². The Hall–Kier alpha value is -1.70. The number of hydrogen-bond donors (Lipinski definition) is 4. The lowest BCUT2D eigenvalue weighted by Crippen LogP contribution is -2.42. The van der Waals surface area contributed by atoms with Crippen molar-refractivity contribution < 1.29 is 19.1 Å². The maximum absolute atomic E-state index is 13.9. The van der Waals surface area contributed by atoms with Gasteiger partial charge in [-0.3, -0.25) is 9.59 Å². The minimum atomic E-state index is -1.22. The van der Waals surface area contributed by atoms with Gasteiger partial charge in [0, 0.05) is 24.2 Å². The number of halogens is 2. The fourth-order valence-corrected chi connectivity index (χ4v) is 3.03. The number of alkyl halides is 1. The molecule has 6 nitrogen and oxygen atoms in total. The molecule has 0 aromatic heterocycles. The number of hydrogen-bond acceptors (Lipinski definition) is 4. The van der Waals surface area contributed by atoms with Gasteiger partial charge in [0.15, 0.2) is 0 Å². The highest BCUT2D eigenvalue weighted by molar-refractivity contribution is 6.21. The zero-order valence-electron chi connectivity index (χ0n) is 13.3. The summed E-state index contributed by atoms with van der Waals surface area (Å²) in [6, 6.07) is 2.80. The van der Waals surface area contributed by atoms with Crippen molar-refractivity contribution >= 4 is 23.5 Å². The molecule has 0 aliphatic carbocycles. The summed E-state index contributed by atoms with van der Waals surface area (Å²) < 4.78 is 13.9. The molecule has 1 aromatic rings. The van der Waals surface area contributed by atoms with Crippen LogP contribution in [0.5, 0.6) is 0 Å². The van der Waals surface area contributed by atoms with Crippen LogP contribution in [-0.2, 0) is 4.79 Å². The first-order valence-electron chi connectivity index (χ1n) is 7.75. The SMILES string of the molecule is CC1CCC(Cl)C(c2cc(F)cc(C(=O)NC[C@@H](N)C(=O)O)c2)N1. The molecule has 0 spiro atoms. The van der Waals surface area contributed by atoms with Crippen molar-refractivity contribution in [2.75, 3.05) is 6.54 Å². The lowest BCUT2D eigenvalue weighted by Gasteiger charge is -2.33. The Labute approximate surface area is 144 Å². The molecule has 0 radical (unpaired) electrons. The number of nitrogens with two attached hydrogens (primary N) is 1. The molecule has 1 heterocycles. The third-order valence-electron chi connectivity index (χ3n) is 4.04. The van der Waals surface area contributed by atoms with Crippen molar-refractivity contribution in [3.8, 4) is 0 Å². The standard InChI is InChI=1S/C16H21ClFN3O3/c1-8-2-3-12(17)14(21-8)9-4-10(6-11(18)5-9)15(22)20-7-13(19)16(23)24/h4-6,8,12-14,21H,2-3,7,19H2,1H3,(H,20,22)(H,23,24)/t8?,12?,13-,14?/m1/s1. The number of carbonyl (C=O) groups is 2. The van der Waals surface area contributed by atoms with Crippen molar-refractivity contribution in [1.29, 1.82) is 0 Å². The van der Waals surface area contributed by atoms with Gasteiger partial charge in [-0.25, -0.2) is 4.39 Å². The second-order valence-corrected chi connectivity index (χ2v) is 6.63. The van der Waals surface area contributed by atoms with Gasteiger partial charge in [-0.1, -0.05) is 0 Å². The molecule has 1 amide bonds. The van der Waals surface area contributed by atoms with E-state index in [9.17, 15) is 14.0 Å². The monoisotopic (exact) mass is 357 g/mol. The summed E-state index contributed by atoms with van der Waals surface area (Å²) in [5.41, 5.74) is 6.03. The zero-order chi connectivity index (χ0) is 17.9. The fourth-order valence-electron chi connectivity index (χ4n) is 2.69. The lowest BCUT2D eigenvalue weighted by molar-refractivity contribution is -0.138. The fraction of sp³-hybridized carbons (Fsp3) is 0.500. The number of aliphatic carboxylic acids is 1. The molecule has 0 bridgehead atoms. The normalized spacial score (nSPS) is 25.1. The molecule has 1 aliphatic heterocycles. The van der Waals surface area contributed by atoms with Crippen molar-refractivity contribution in [3.63, 3.8) is 0 Å². The van der Waals surface area contributed by atoms with Crippen LogP contribution in [0.25, 0.3) is 0 Å². The van der Waals surface area contributed by atoms with E-state index in [1.807, 2.05) is 6.92 Å². The number of carbonyl (C=O) groups excluding carboxylic acids is 1. The van der Waals surface area contributed by atoms with E-state index in [2.05, 4.69) is 10.6 Å². The molecule has 1 aliphatic rings. The van der Waals surface area contributed by atoms with Gasteiger partial charge in [0.1, 0.15) is 11.9 Å². The Morgan fingerprint density at radius 3 is 2.83 bits per heavy atom. The summed E-state index contributed by atoms with van der Waals surface area (Å²) in [7, 11) is 0. The number of carboxylic acid groups (broad SMARTS) is 1. The highest BCUT2D eigenvalue weighted by Crippen LogP contribution is 2.31. The molecule has 5 N–H and O–H groups in total. The topological polar surface area (TPSA) is 104 Å². The maximum Gasteiger partial charge on any atom is 0.322 e. The molecule has 3 unspecified atom stereocenters. The van der Waals surface area contributed by atoms with Crippen LogP contribution in [0.4, 0.5) is 4.39 Å². The van der Waals surface area contributed by atoms with E-state index in [1.54, 1.807) is 6.07 Å². The summed E-state index contributed by atoms with van der Waals surface area (Å²) >= 11 is 6.34. The largest absolute Gasteiger partial charge is 0.480 e. The number of piperidine rings is 1. The second kappa shape index (κ2) is 7.92. The molecule has 132 valence electrons. The predicted octanol–water partition coefficient (Wildman–Crippen LogP) is 1.39. The van der Waals surface area contributed by atoms with E-state index in [-0.39, 0.29) is 29.6 Å². The van der Waals surface area contributed by atoms with Gasteiger partial charge in [0.2, 0.25) is 0 Å². The average Bonchev–Trinajstić information content (AvgIpc) is 2.53. The molecule has 1 aromatic carbocycles. The highest BCUT2D eigenvalue weighted by Gasteiger charge is 2.28. The van der Waals surface area contributed by atoms with Gasteiger partial charge in [0.25, 0.3) is 5.91 Å². The smallest absolute Gasteiger partial charge is 0.322 e. The summed E-state index contributed by atoms with van der Waals surface area (Å²) in [6.07, 6.45) is 1.73. The van der Waals surface area contributed by atoms with Gasteiger partial charge < -0.3 is 21.5 Å². The first kappa shape index (κ1) is 18.6. The van der Waals surface area contributed by atoms with Gasteiger partial charge in [-0.2, -0.15) is 0 Å². The first-order valence-corrected chi connectivity index (χ1v) is 8.18. The van der Waals surface area contributed by atoms with Crippen LogP contribution in [0.3, 0.4) is 0 Å². The van der Waals surface area contributed by atoms with Crippen molar-refractivity contribution in [1.82, 2.24) is 10.6 Å². The minimum absolute atomic E-state index is 0.103. The Balaban J connectivity index is 2.15. The third kappa shape index (κ3) is 4.66. The summed E-state index contributed by atoms with van der Waals surface area (Å²) in [4.78, 5) is 22.8. The third-order valence-corrected chi connectivity index (χ3v) is 4.51. The van der Waals surface area contributed by atoms with Crippen LogP contribution in [-0.4, -0.2) is 41.0 Å². The average molecular weight is 358 g/mol. The van der Waals surface area contributed by atoms with E-state index in [4.69, 9.17) is 22.4 Å². The number of benzene rings is 1. The van der Waals surface area contributed by atoms with Crippen molar-refractivity contribution in [2.45, 2.75) is 43.3 Å². The van der Waals surface area contributed by atoms with E-state index < -0.39 is 23.7 Å². The summed E-state index contributed by atoms with van der Waals surface area (Å²) in [5, 5.41) is 14.2. The van der Waals surface area contributed by atoms with Crippen molar-refractivity contribution in [3.05, 3.63) is 35.1 Å². The Bertz CT molecular complexity index is 629. The Kier molecular flexibility index (Phi) is 6.15. The lowest BCUT2D eigenvalue weighted by atomic mass is 9.92. The number of amides is 1. The first-order chi connectivity index (χ1) is 11.3. The minimum Gasteiger partial charge on any atom is -0.480 e. The molecule has 4 atom stereocenters. The zero-order valence-corrected chi connectivity index (χ0v) is 14.0. The molecule has 1 fully saturated rings. The number of nitrogens with one attached hydrogen (secondary N) is 2. The van der Waals surface area contributed by atoms with E-state index in [0.717, 1.165) is 18.9 Å². The maximum atomic E-state index is 13.9. The van der Waals surface area contributed by atoms with Crippen LogP contribution >= 0.6 is 11.6 Å². The van der Waals surface area contributed by atoms with E-state index in [1.165, 1.54) is 6.07 Å². The summed E-state index contributed by atoms with van der Waals surface area (Å²) in [5.74, 6) is -2.35. The van der Waals surface area contributed by atoms with Crippen molar-refractivity contribution in [2.24, 2.45) is 5.73 Å². The van der Waals surface area contributed by atoms with Gasteiger partial charge in [-0.15, -0.1) is 11.6 Å². The molecule has 8 heteroatoms. The van der Waals surface area contributed by atoms with Gasteiger partial charge in [0.05, 0.1) is 5.38 Å². The molecule has 2 rings (SSSR count). The van der Waals surface area contributed by atoms with Crippen LogP contribution in [0.2, 0.25) is 0 Å². The number of rotatable bonds is 5. The highest BCUT2D eigenvalue weighted by atomic mass is 35.5. The van der Waals surface area contributed by atoms with Crippen LogP contribution in [0.1, 0.15) is 41.7 Å². The molecule has 0 saturated carbocycles. The predicted molar refractivity (Wildman–Crippen MR) is 88.6 cm³/mol.